The largest absolute Gasteiger partial charge is 0.507 e. The highest BCUT2D eigenvalue weighted by atomic mass is 35.5. The summed E-state index contributed by atoms with van der Waals surface area (Å²) in [6, 6.07) is 3.28. The predicted octanol–water partition coefficient (Wildman–Crippen LogP) is 2.57. The van der Waals surface area contributed by atoms with Crippen LogP contribution in [-0.4, -0.2) is 101 Å². The molecule has 260 valence electrons. The van der Waals surface area contributed by atoms with Gasteiger partial charge in [0, 0.05) is 36.3 Å². The van der Waals surface area contributed by atoms with Gasteiger partial charge in [0.1, 0.15) is 22.1 Å². The van der Waals surface area contributed by atoms with Crippen molar-refractivity contribution in [1.82, 2.24) is 5.32 Å². The number of halogens is 1. The Balaban J connectivity index is 1.69. The molecule has 2 aliphatic heterocycles. The van der Waals surface area contributed by atoms with Crippen LogP contribution in [0.1, 0.15) is 41.6 Å². The van der Waals surface area contributed by atoms with Crippen LogP contribution in [0.3, 0.4) is 0 Å². The van der Waals surface area contributed by atoms with E-state index in [-0.39, 0.29) is 62.6 Å². The summed E-state index contributed by atoms with van der Waals surface area (Å²) in [6.45, 7) is 1.56. The number of carbonyl (C=O) groups is 3. The van der Waals surface area contributed by atoms with E-state index in [2.05, 4.69) is 5.32 Å². The average Bonchev–Trinajstić information content (AvgIpc) is 3.50. The summed E-state index contributed by atoms with van der Waals surface area (Å²) in [7, 11) is 3.24. The van der Waals surface area contributed by atoms with Gasteiger partial charge in [-0.2, -0.15) is 0 Å². The first-order valence-electron chi connectivity index (χ1n) is 14.8. The first-order valence-corrected chi connectivity index (χ1v) is 17.0. The molecular formula is C32H36ClNO13S. The molecule has 48 heavy (non-hydrogen) atoms. The third-order valence-corrected chi connectivity index (χ3v) is 11.1. The highest BCUT2D eigenvalue weighted by molar-refractivity contribution is 7.91. The highest BCUT2D eigenvalue weighted by Gasteiger charge is 2.61. The minimum atomic E-state index is -3.60. The van der Waals surface area contributed by atoms with Gasteiger partial charge in [0.25, 0.3) is 0 Å². The van der Waals surface area contributed by atoms with Gasteiger partial charge in [0.2, 0.25) is 23.0 Å². The molecule has 1 amide bonds. The molecule has 1 fully saturated rings. The number of ketones is 2. The number of carbonyl (C=O) groups excluding carboxylic acids is 3. The van der Waals surface area contributed by atoms with Gasteiger partial charge in [-0.25, -0.2) is 8.42 Å². The van der Waals surface area contributed by atoms with E-state index >= 15 is 0 Å². The summed E-state index contributed by atoms with van der Waals surface area (Å²) in [6.07, 6.45) is -2.15. The van der Waals surface area contributed by atoms with Gasteiger partial charge in [0.05, 0.1) is 59.2 Å². The maximum Gasteiger partial charge on any atom is 0.231 e. The summed E-state index contributed by atoms with van der Waals surface area (Å²) < 4.78 is 57.7. The summed E-state index contributed by atoms with van der Waals surface area (Å²) in [4.78, 5) is 41.9. The lowest BCUT2D eigenvalue weighted by Gasteiger charge is -2.39. The normalized spacial score (nSPS) is 25.0. The highest BCUT2D eigenvalue weighted by Crippen LogP contribution is 2.56. The number of fused-ring (bicyclic) bond motifs is 1. The van der Waals surface area contributed by atoms with Crippen LogP contribution in [0, 0.1) is 5.92 Å². The number of amides is 1. The summed E-state index contributed by atoms with van der Waals surface area (Å²) in [5.74, 6) is -5.29. The topological polar surface area (TPSA) is 193 Å². The number of hydrogen-bond acceptors (Lipinski definition) is 13. The van der Waals surface area contributed by atoms with Gasteiger partial charge in [-0.1, -0.05) is 18.5 Å². The Hall–Kier alpha value is -4.21. The molecule has 16 heteroatoms. The molecule has 5 rings (SSSR count). The zero-order valence-corrected chi connectivity index (χ0v) is 28.6. The van der Waals surface area contributed by atoms with Crippen molar-refractivity contribution in [3.8, 4) is 34.5 Å². The molecule has 1 saturated heterocycles. The van der Waals surface area contributed by atoms with Crippen LogP contribution < -0.4 is 33.7 Å². The number of rotatable bonds is 10. The number of methoxy groups -OCH3 is 5. The minimum absolute atomic E-state index is 0.0531. The summed E-state index contributed by atoms with van der Waals surface area (Å²) >= 11 is 6.57. The molecule has 3 aliphatic rings. The van der Waals surface area contributed by atoms with Gasteiger partial charge >= 0.3 is 0 Å². The lowest BCUT2D eigenvalue weighted by molar-refractivity contribution is -0.122. The van der Waals surface area contributed by atoms with Crippen molar-refractivity contribution in [3.05, 3.63) is 45.7 Å². The second kappa shape index (κ2) is 13.0. The van der Waals surface area contributed by atoms with Gasteiger partial charge in [-0.15, -0.1) is 0 Å². The Morgan fingerprint density at radius 2 is 1.60 bits per heavy atom. The third-order valence-electron chi connectivity index (χ3n) is 9.01. The Bertz CT molecular complexity index is 1800. The van der Waals surface area contributed by atoms with E-state index in [1.807, 2.05) is 0 Å². The van der Waals surface area contributed by atoms with Crippen molar-refractivity contribution >= 4 is 38.9 Å². The second-order valence-corrected chi connectivity index (χ2v) is 14.3. The maximum absolute atomic E-state index is 14.3. The van der Waals surface area contributed by atoms with Crippen LogP contribution >= 0.6 is 11.6 Å². The fraction of sp³-hybridized carbons (Fsp3) is 0.469. The molecule has 2 aromatic carbocycles. The van der Waals surface area contributed by atoms with Crippen molar-refractivity contribution in [2.24, 2.45) is 5.92 Å². The lowest BCUT2D eigenvalue weighted by Crippen LogP contribution is -2.53. The van der Waals surface area contributed by atoms with Crippen molar-refractivity contribution in [1.29, 1.82) is 0 Å². The maximum atomic E-state index is 14.3. The summed E-state index contributed by atoms with van der Waals surface area (Å²) in [5, 5.41) is 24.9. The molecule has 1 aliphatic carbocycles. The van der Waals surface area contributed by atoms with Crippen LogP contribution in [0.4, 0.5) is 0 Å². The van der Waals surface area contributed by atoms with E-state index in [0.29, 0.717) is 0 Å². The fourth-order valence-electron chi connectivity index (χ4n) is 6.65. The number of aliphatic hydroxyl groups excluding tert-OH is 2. The van der Waals surface area contributed by atoms with E-state index < -0.39 is 80.6 Å². The first-order chi connectivity index (χ1) is 22.7. The zero-order chi connectivity index (χ0) is 35.3. The molecule has 3 N–H and O–H groups in total. The quantitative estimate of drug-likeness (QED) is 0.326. The van der Waals surface area contributed by atoms with E-state index in [0.717, 1.165) is 0 Å². The van der Waals surface area contributed by atoms with Crippen LogP contribution in [0.2, 0.25) is 5.02 Å². The van der Waals surface area contributed by atoms with Crippen molar-refractivity contribution in [2.45, 2.75) is 43.4 Å². The Morgan fingerprint density at radius 1 is 1.00 bits per heavy atom. The van der Waals surface area contributed by atoms with E-state index in [4.69, 9.17) is 40.0 Å². The molecule has 14 nitrogen and oxygen atoms in total. The van der Waals surface area contributed by atoms with Crippen LogP contribution in [0.15, 0.2) is 29.5 Å². The number of nitrogens with one attached hydrogen (secondary N) is 1. The van der Waals surface area contributed by atoms with E-state index in [1.54, 1.807) is 6.92 Å². The first kappa shape index (κ1) is 35.1. The van der Waals surface area contributed by atoms with Gasteiger partial charge in [-0.05, 0) is 17.7 Å². The fourth-order valence-corrected chi connectivity index (χ4v) is 8.65. The number of sulfone groups is 1. The Kier molecular flexibility index (Phi) is 9.51. The molecule has 0 aromatic heterocycles. The van der Waals surface area contributed by atoms with E-state index in [9.17, 15) is 33.0 Å². The third kappa shape index (κ3) is 5.66. The molecule has 2 heterocycles. The van der Waals surface area contributed by atoms with Crippen LogP contribution in [0.25, 0.3) is 0 Å². The summed E-state index contributed by atoms with van der Waals surface area (Å²) in [5.41, 5.74) is -2.26. The number of allylic oxidation sites excluding steroid dienone is 1. The number of benzene rings is 2. The predicted molar refractivity (Wildman–Crippen MR) is 171 cm³/mol. The van der Waals surface area contributed by atoms with Crippen LogP contribution in [-0.2, 0) is 19.4 Å². The SMILES string of the molecule is COc1cc(OC)c2c(c1Cl)O[C@]1(C2=O)C(O)=C(C(CC(=O)N[C@H]2CS(=O)(=O)C[C@H]2O)c2cc(OC)c(OC)c(OC)c2)C(=O)C[C@H]1C. The average molecular weight is 710 g/mol. The minimum Gasteiger partial charge on any atom is -0.507 e. The molecule has 2 aromatic rings. The molecule has 0 saturated carbocycles. The molecule has 1 unspecified atom stereocenters. The number of aliphatic hydroxyl groups is 2. The molecule has 0 bridgehead atoms. The van der Waals surface area contributed by atoms with Gasteiger partial charge in [0.15, 0.2) is 38.6 Å². The molecule has 1 spiro atoms. The van der Waals surface area contributed by atoms with Crippen molar-refractivity contribution in [2.75, 3.05) is 47.1 Å². The zero-order valence-electron chi connectivity index (χ0n) is 27.0. The number of ether oxygens (including phenoxy) is 6. The molecule has 0 radical (unpaired) electrons. The molecule has 5 atom stereocenters. The van der Waals surface area contributed by atoms with Crippen LogP contribution in [0.5, 0.6) is 34.5 Å². The van der Waals surface area contributed by atoms with E-state index in [1.165, 1.54) is 53.7 Å². The Morgan fingerprint density at radius 3 is 2.12 bits per heavy atom. The standard InChI is InChI=1S/C32H36ClNO13S/c1-14-7-18(35)25(30(38)32(14)31(39)26-20(42-2)11-21(43-3)27(33)29(26)47-32)16(10-24(37)34-17-12-48(40,41)13-19(17)36)15-8-22(44-4)28(46-6)23(9-15)45-5/h8-9,11,14,16-17,19,36,38H,7,10,12-13H2,1-6H3,(H,34,37)/t14-,16?,17+,19-,32+/m1/s1. The smallest absolute Gasteiger partial charge is 0.231 e. The Labute approximate surface area is 281 Å². The van der Waals surface area contributed by atoms with Crippen molar-refractivity contribution in [3.63, 3.8) is 0 Å². The number of hydrogen-bond donors (Lipinski definition) is 3. The monoisotopic (exact) mass is 709 g/mol. The molecular weight excluding hydrogens is 674 g/mol. The number of Topliss-reactive ketones (excluding diaryl/α,β-unsaturated/α-hetero) is 2. The second-order valence-electron chi connectivity index (χ2n) is 11.8. The van der Waals surface area contributed by atoms with Gasteiger partial charge in [-0.3, -0.25) is 14.4 Å². The van der Waals surface area contributed by atoms with Gasteiger partial charge < -0.3 is 44.0 Å². The van der Waals surface area contributed by atoms with Crippen molar-refractivity contribution < 1.29 is 61.4 Å². The lowest BCUT2D eigenvalue weighted by atomic mass is 9.69.